The monoisotopic (exact) mass is 270 g/mol. The van der Waals surface area contributed by atoms with Crippen molar-refractivity contribution in [3.05, 3.63) is 29.3 Å². The summed E-state index contributed by atoms with van der Waals surface area (Å²) in [5, 5.41) is 3.58. The lowest BCUT2D eigenvalue weighted by atomic mass is 9.86. The number of nitrogens with one attached hydrogen (secondary N) is 1. The van der Waals surface area contributed by atoms with Crippen LogP contribution in [0, 0.1) is 0 Å². The molecule has 1 fully saturated rings. The second kappa shape index (κ2) is 4.77. The molecule has 0 aromatic heterocycles. The quantitative estimate of drug-likeness (QED) is 0.783. The Balaban J connectivity index is 1.64. The first kappa shape index (κ1) is 12.2. The molecule has 1 N–H and O–H groups in total. The third-order valence-electron chi connectivity index (χ3n) is 4.78. The number of benzene rings is 1. The van der Waals surface area contributed by atoms with Crippen molar-refractivity contribution in [2.75, 3.05) is 38.5 Å². The highest BCUT2D eigenvalue weighted by Gasteiger charge is 2.29. The molecule has 1 unspecified atom stereocenters. The van der Waals surface area contributed by atoms with Crippen molar-refractivity contribution in [1.29, 1.82) is 0 Å². The van der Waals surface area contributed by atoms with Gasteiger partial charge in [0.15, 0.2) is 5.96 Å². The number of hydrogen-bond acceptors (Lipinski definition) is 4. The number of guanidine groups is 1. The van der Waals surface area contributed by atoms with Gasteiger partial charge in [-0.25, -0.2) is 4.99 Å². The van der Waals surface area contributed by atoms with Gasteiger partial charge in [0, 0.05) is 37.4 Å². The van der Waals surface area contributed by atoms with Crippen LogP contribution in [0.4, 0.5) is 5.69 Å². The van der Waals surface area contributed by atoms with E-state index in [2.05, 4.69) is 40.4 Å². The fourth-order valence-corrected chi connectivity index (χ4v) is 3.57. The predicted molar refractivity (Wildman–Crippen MR) is 82.2 cm³/mol. The van der Waals surface area contributed by atoms with Gasteiger partial charge in [0.1, 0.15) is 0 Å². The van der Waals surface area contributed by atoms with Crippen LogP contribution in [0.15, 0.2) is 23.2 Å². The van der Waals surface area contributed by atoms with E-state index in [9.17, 15) is 0 Å². The molecular weight excluding hydrogens is 248 g/mol. The molecule has 2 aliphatic heterocycles. The predicted octanol–water partition coefficient (Wildman–Crippen LogP) is 2.09. The Morgan fingerprint density at radius 3 is 2.90 bits per heavy atom. The molecule has 1 saturated heterocycles. The zero-order chi connectivity index (χ0) is 13.5. The second-order valence-electron chi connectivity index (χ2n) is 6.15. The lowest BCUT2D eigenvalue weighted by Crippen LogP contribution is -2.50. The SMILES string of the molecule is CN1CCN(C2=NC3CCCc4cccc(c43)N2)CC1. The number of piperazine rings is 1. The fourth-order valence-electron chi connectivity index (χ4n) is 3.57. The summed E-state index contributed by atoms with van der Waals surface area (Å²) >= 11 is 0. The summed E-state index contributed by atoms with van der Waals surface area (Å²) in [4.78, 5) is 9.80. The molecule has 4 rings (SSSR count). The molecule has 2 heterocycles. The van der Waals surface area contributed by atoms with Crippen LogP contribution in [0.25, 0.3) is 0 Å². The van der Waals surface area contributed by atoms with Gasteiger partial charge in [-0.05, 0) is 37.9 Å². The Hall–Kier alpha value is -1.55. The first-order valence-corrected chi connectivity index (χ1v) is 7.71. The summed E-state index contributed by atoms with van der Waals surface area (Å²) < 4.78 is 0. The highest BCUT2D eigenvalue weighted by molar-refractivity contribution is 5.96. The Kier molecular flexibility index (Phi) is 2.91. The average Bonchev–Trinajstić information content (AvgIpc) is 2.48. The van der Waals surface area contributed by atoms with E-state index in [1.165, 1.54) is 36.1 Å². The van der Waals surface area contributed by atoms with Gasteiger partial charge in [-0.15, -0.1) is 0 Å². The number of aliphatic imine (C=N–C) groups is 1. The molecule has 106 valence electrons. The van der Waals surface area contributed by atoms with Crippen molar-refractivity contribution >= 4 is 11.6 Å². The number of anilines is 1. The van der Waals surface area contributed by atoms with E-state index >= 15 is 0 Å². The van der Waals surface area contributed by atoms with Crippen LogP contribution in [-0.2, 0) is 6.42 Å². The molecular formula is C16H22N4. The maximum atomic E-state index is 5.02. The first-order valence-electron chi connectivity index (χ1n) is 7.71. The van der Waals surface area contributed by atoms with Crippen LogP contribution in [0.2, 0.25) is 0 Å². The molecule has 1 aromatic rings. The van der Waals surface area contributed by atoms with Crippen LogP contribution in [-0.4, -0.2) is 49.0 Å². The Morgan fingerprint density at radius 2 is 2.05 bits per heavy atom. The van der Waals surface area contributed by atoms with Crippen LogP contribution in [0.5, 0.6) is 0 Å². The zero-order valence-corrected chi connectivity index (χ0v) is 12.1. The maximum absolute atomic E-state index is 5.02. The van der Waals surface area contributed by atoms with E-state index < -0.39 is 0 Å². The summed E-state index contributed by atoms with van der Waals surface area (Å²) in [6, 6.07) is 7.03. The molecule has 1 aromatic carbocycles. The molecule has 0 amide bonds. The fraction of sp³-hybridized carbons (Fsp3) is 0.562. The number of likely N-dealkylation sites (N-methyl/N-ethyl adjacent to an activating group) is 1. The maximum Gasteiger partial charge on any atom is 0.199 e. The summed E-state index contributed by atoms with van der Waals surface area (Å²) in [7, 11) is 2.19. The minimum Gasteiger partial charge on any atom is -0.340 e. The minimum atomic E-state index is 0.380. The minimum absolute atomic E-state index is 0.380. The van der Waals surface area contributed by atoms with E-state index in [4.69, 9.17) is 4.99 Å². The van der Waals surface area contributed by atoms with Gasteiger partial charge in [-0.1, -0.05) is 12.1 Å². The smallest absolute Gasteiger partial charge is 0.199 e. The largest absolute Gasteiger partial charge is 0.340 e. The number of aryl methyl sites for hydroxylation is 1. The number of nitrogens with zero attached hydrogens (tertiary/aromatic N) is 3. The number of rotatable bonds is 0. The van der Waals surface area contributed by atoms with Gasteiger partial charge in [-0.2, -0.15) is 0 Å². The van der Waals surface area contributed by atoms with E-state index in [0.717, 1.165) is 32.1 Å². The van der Waals surface area contributed by atoms with Crippen LogP contribution in [0.3, 0.4) is 0 Å². The molecule has 3 aliphatic rings. The van der Waals surface area contributed by atoms with Crippen LogP contribution < -0.4 is 5.32 Å². The highest BCUT2D eigenvalue weighted by atomic mass is 15.4. The van der Waals surface area contributed by atoms with Gasteiger partial charge >= 0.3 is 0 Å². The van der Waals surface area contributed by atoms with E-state index in [1.54, 1.807) is 0 Å². The molecule has 20 heavy (non-hydrogen) atoms. The molecule has 1 aliphatic carbocycles. The molecule has 4 heteroatoms. The Bertz CT molecular complexity index is 543. The summed E-state index contributed by atoms with van der Waals surface area (Å²) in [6.45, 7) is 4.39. The molecule has 0 bridgehead atoms. The van der Waals surface area contributed by atoms with Crippen molar-refractivity contribution in [2.24, 2.45) is 4.99 Å². The first-order chi connectivity index (χ1) is 9.81. The molecule has 0 radical (unpaired) electrons. The van der Waals surface area contributed by atoms with Crippen molar-refractivity contribution in [3.8, 4) is 0 Å². The molecule has 4 nitrogen and oxygen atoms in total. The molecule has 0 saturated carbocycles. The Labute approximate surface area is 120 Å². The number of hydrogen-bond donors (Lipinski definition) is 1. The lowest BCUT2D eigenvalue weighted by Gasteiger charge is -2.38. The third kappa shape index (κ3) is 1.99. The van der Waals surface area contributed by atoms with Gasteiger partial charge in [0.05, 0.1) is 6.04 Å². The standard InChI is InChI=1S/C16H22N4/c1-19-8-10-20(11-9-19)16-17-13-6-2-4-12-5-3-7-14(18-16)15(12)13/h2,4,6,14H,3,5,7-11H2,1H3,(H,17,18). The summed E-state index contributed by atoms with van der Waals surface area (Å²) in [6.07, 6.45) is 3.67. The van der Waals surface area contributed by atoms with Crippen molar-refractivity contribution in [3.63, 3.8) is 0 Å². The van der Waals surface area contributed by atoms with Gasteiger partial charge in [0.2, 0.25) is 0 Å². The normalized spacial score (nSPS) is 25.8. The van der Waals surface area contributed by atoms with Crippen molar-refractivity contribution in [2.45, 2.75) is 25.3 Å². The summed E-state index contributed by atoms with van der Waals surface area (Å²) in [5.41, 5.74) is 4.24. The molecule has 0 spiro atoms. The van der Waals surface area contributed by atoms with Gasteiger partial charge < -0.3 is 15.1 Å². The summed E-state index contributed by atoms with van der Waals surface area (Å²) in [5.74, 6) is 1.09. The van der Waals surface area contributed by atoms with Crippen molar-refractivity contribution < 1.29 is 0 Å². The third-order valence-corrected chi connectivity index (χ3v) is 4.78. The van der Waals surface area contributed by atoms with Gasteiger partial charge in [-0.3, -0.25) is 0 Å². The zero-order valence-electron chi connectivity index (χ0n) is 12.1. The van der Waals surface area contributed by atoms with Crippen LogP contribution in [0.1, 0.15) is 30.0 Å². The second-order valence-corrected chi connectivity index (χ2v) is 6.15. The van der Waals surface area contributed by atoms with E-state index in [-0.39, 0.29) is 0 Å². The lowest BCUT2D eigenvalue weighted by molar-refractivity contribution is 0.214. The van der Waals surface area contributed by atoms with E-state index in [1.807, 2.05) is 0 Å². The average molecular weight is 270 g/mol. The van der Waals surface area contributed by atoms with Crippen molar-refractivity contribution in [1.82, 2.24) is 9.80 Å². The van der Waals surface area contributed by atoms with Crippen LogP contribution >= 0.6 is 0 Å². The van der Waals surface area contributed by atoms with E-state index in [0.29, 0.717) is 6.04 Å². The Morgan fingerprint density at radius 1 is 1.20 bits per heavy atom. The van der Waals surface area contributed by atoms with Gasteiger partial charge in [0.25, 0.3) is 0 Å². The topological polar surface area (TPSA) is 30.9 Å². The molecule has 1 atom stereocenters. The highest BCUT2D eigenvalue weighted by Crippen LogP contribution is 2.40.